The summed E-state index contributed by atoms with van der Waals surface area (Å²) in [5.74, 6) is -0.718. The number of hydrogen-bond acceptors (Lipinski definition) is 6. The molecule has 0 bridgehead atoms. The van der Waals surface area contributed by atoms with Crippen LogP contribution in [0.15, 0.2) is 30.3 Å². The number of carboxylic acid groups (broad SMARTS) is 1. The third-order valence-corrected chi connectivity index (χ3v) is 5.34. The molecule has 0 saturated heterocycles. The van der Waals surface area contributed by atoms with Crippen LogP contribution in [-0.2, 0) is 16.1 Å². The van der Waals surface area contributed by atoms with Crippen molar-refractivity contribution >= 4 is 12.0 Å². The van der Waals surface area contributed by atoms with Gasteiger partial charge in [0.15, 0.2) is 0 Å². The van der Waals surface area contributed by atoms with E-state index in [-0.39, 0.29) is 24.0 Å². The van der Waals surface area contributed by atoms with Crippen molar-refractivity contribution in [3.63, 3.8) is 0 Å². The number of carbonyl (C=O) groups is 1. The summed E-state index contributed by atoms with van der Waals surface area (Å²) >= 11 is 0. The minimum Gasteiger partial charge on any atom is -0.508 e. The number of rotatable bonds is 11. The minimum absolute atomic E-state index is 0.0865. The van der Waals surface area contributed by atoms with Gasteiger partial charge in [0.2, 0.25) is 0 Å². The minimum atomic E-state index is -1.14. The van der Waals surface area contributed by atoms with Crippen LogP contribution in [-0.4, -0.2) is 50.7 Å². The van der Waals surface area contributed by atoms with Crippen LogP contribution in [0.5, 0.6) is 5.75 Å². The second-order valence-electron chi connectivity index (χ2n) is 8.85. The van der Waals surface area contributed by atoms with Gasteiger partial charge in [0, 0.05) is 30.4 Å². The van der Waals surface area contributed by atoms with E-state index in [0.29, 0.717) is 6.61 Å². The Bertz CT molecular complexity index is 966. The van der Waals surface area contributed by atoms with Gasteiger partial charge in [-0.25, -0.2) is 0 Å². The molecule has 7 heteroatoms. The average molecular weight is 458 g/mol. The normalized spacial score (nSPS) is 13.7. The molecule has 0 amide bonds. The van der Waals surface area contributed by atoms with Crippen molar-refractivity contribution in [3.8, 4) is 16.9 Å². The van der Waals surface area contributed by atoms with E-state index in [1.54, 1.807) is 31.4 Å². The van der Waals surface area contributed by atoms with Crippen LogP contribution < -0.4 is 0 Å². The van der Waals surface area contributed by atoms with E-state index in [1.165, 1.54) is 0 Å². The van der Waals surface area contributed by atoms with Crippen molar-refractivity contribution in [3.05, 3.63) is 52.9 Å². The maximum absolute atomic E-state index is 10.8. The van der Waals surface area contributed by atoms with Crippen LogP contribution in [0.3, 0.4) is 0 Å². The highest BCUT2D eigenvalue weighted by Crippen LogP contribution is 2.38. The maximum Gasteiger partial charge on any atom is 0.305 e. The molecule has 0 radical (unpaired) electrons. The van der Waals surface area contributed by atoms with Crippen molar-refractivity contribution in [2.45, 2.75) is 71.2 Å². The molecule has 0 spiro atoms. The Morgan fingerprint density at radius 2 is 1.67 bits per heavy atom. The number of methoxy groups -OCH3 is 1. The Morgan fingerprint density at radius 3 is 2.18 bits per heavy atom. The Morgan fingerprint density at radius 1 is 1.06 bits per heavy atom. The molecule has 2 atom stereocenters. The quantitative estimate of drug-likeness (QED) is 0.393. The Hall–Kier alpha value is -2.74. The number of nitrogens with zero attached hydrogens (tertiary/aromatic N) is 1. The van der Waals surface area contributed by atoms with Gasteiger partial charge in [0.1, 0.15) is 5.75 Å². The fourth-order valence-electron chi connectivity index (χ4n) is 3.86. The monoisotopic (exact) mass is 457 g/mol. The first-order chi connectivity index (χ1) is 15.5. The Labute approximate surface area is 195 Å². The predicted octanol–water partition coefficient (Wildman–Crippen LogP) is 4.45. The molecule has 2 aromatic rings. The van der Waals surface area contributed by atoms with E-state index >= 15 is 0 Å². The number of aliphatic hydroxyl groups is 2. The van der Waals surface area contributed by atoms with E-state index in [4.69, 9.17) is 14.8 Å². The molecular formula is C26H35NO6. The third kappa shape index (κ3) is 7.12. The number of benzene rings is 1. The number of pyridine rings is 1. The number of aromatic nitrogens is 1. The van der Waals surface area contributed by atoms with Gasteiger partial charge < -0.3 is 25.2 Å². The van der Waals surface area contributed by atoms with Crippen LogP contribution in [0.2, 0.25) is 0 Å². The molecule has 0 aliphatic rings. The largest absolute Gasteiger partial charge is 0.508 e. The second kappa shape index (κ2) is 11.9. The molecular weight excluding hydrogens is 422 g/mol. The lowest BCUT2D eigenvalue weighted by atomic mass is 9.87. The summed E-state index contributed by atoms with van der Waals surface area (Å²) in [6.07, 6.45) is 0.659. The van der Waals surface area contributed by atoms with Crippen molar-refractivity contribution in [1.82, 2.24) is 4.98 Å². The zero-order valence-electron chi connectivity index (χ0n) is 19.9. The summed E-state index contributed by atoms with van der Waals surface area (Å²) in [5.41, 5.74) is 5.33. The zero-order chi connectivity index (χ0) is 24.7. The summed E-state index contributed by atoms with van der Waals surface area (Å²) in [4.78, 5) is 15.8. The Kier molecular flexibility index (Phi) is 9.58. The number of phenolic OH excluding ortho intramolecular Hbond substituents is 1. The summed E-state index contributed by atoms with van der Waals surface area (Å²) < 4.78 is 5.52. The number of aliphatic hydroxyl groups excluding tert-OH is 2. The number of hydrogen-bond donors (Lipinski definition) is 4. The molecule has 1 heterocycles. The van der Waals surface area contributed by atoms with Gasteiger partial charge in [-0.2, -0.15) is 0 Å². The first-order valence-electron chi connectivity index (χ1n) is 11.2. The highest BCUT2D eigenvalue weighted by molar-refractivity contribution is 5.80. The number of phenols is 1. The molecule has 33 heavy (non-hydrogen) atoms. The van der Waals surface area contributed by atoms with Crippen LogP contribution in [0.4, 0.5) is 0 Å². The molecule has 180 valence electrons. The van der Waals surface area contributed by atoms with E-state index in [2.05, 4.69) is 13.8 Å². The van der Waals surface area contributed by atoms with Crippen LogP contribution in [0.1, 0.15) is 74.9 Å². The lowest BCUT2D eigenvalue weighted by Gasteiger charge is -2.23. The number of ether oxygens (including phenoxy) is 1. The predicted molar refractivity (Wildman–Crippen MR) is 128 cm³/mol. The molecule has 0 aliphatic carbocycles. The molecule has 0 fully saturated rings. The lowest BCUT2D eigenvalue weighted by molar-refractivity contribution is -0.139. The maximum atomic E-state index is 10.8. The summed E-state index contributed by atoms with van der Waals surface area (Å²) in [6, 6.07) is 6.92. The average Bonchev–Trinajstić information content (AvgIpc) is 2.72. The Balaban J connectivity index is 2.69. The number of carboxylic acids is 1. The van der Waals surface area contributed by atoms with Gasteiger partial charge in [-0.3, -0.25) is 9.78 Å². The third-order valence-electron chi connectivity index (χ3n) is 5.34. The van der Waals surface area contributed by atoms with Crippen LogP contribution in [0.25, 0.3) is 17.2 Å². The summed E-state index contributed by atoms with van der Waals surface area (Å²) in [5, 5.41) is 38.9. The standard InChI is InChI=1S/C26H35NO6/c1-15(2)25-21(11-10-19(29)12-20(30)13-23(31)32)24(17-6-8-18(28)9-7-17)22(14-33-5)26(27-25)16(3)4/h6-11,15-16,19-20,28-30H,12-14H2,1-5H3,(H,31,32). The van der Waals surface area contributed by atoms with Crippen LogP contribution in [0, 0.1) is 0 Å². The molecule has 0 aliphatic heterocycles. The topological polar surface area (TPSA) is 120 Å². The fraction of sp³-hybridized carbons (Fsp3) is 0.462. The van der Waals surface area contributed by atoms with Crippen molar-refractivity contribution in [2.75, 3.05) is 7.11 Å². The van der Waals surface area contributed by atoms with E-state index in [0.717, 1.165) is 33.6 Å². The zero-order valence-corrected chi connectivity index (χ0v) is 19.9. The van der Waals surface area contributed by atoms with Gasteiger partial charge in [-0.1, -0.05) is 52.0 Å². The lowest BCUT2D eigenvalue weighted by Crippen LogP contribution is -2.19. The fourth-order valence-corrected chi connectivity index (χ4v) is 3.86. The smallest absolute Gasteiger partial charge is 0.305 e. The van der Waals surface area contributed by atoms with Crippen molar-refractivity contribution < 1.29 is 30.0 Å². The molecule has 7 nitrogen and oxygen atoms in total. The van der Waals surface area contributed by atoms with Crippen LogP contribution >= 0.6 is 0 Å². The van der Waals surface area contributed by atoms with Gasteiger partial charge in [-0.15, -0.1) is 0 Å². The molecule has 4 N–H and O–H groups in total. The molecule has 1 aromatic heterocycles. The van der Waals surface area contributed by atoms with Gasteiger partial charge in [0.25, 0.3) is 0 Å². The first kappa shape index (κ1) is 26.5. The van der Waals surface area contributed by atoms with Gasteiger partial charge in [-0.05, 0) is 35.1 Å². The number of aromatic hydroxyl groups is 1. The highest BCUT2D eigenvalue weighted by atomic mass is 16.5. The summed E-state index contributed by atoms with van der Waals surface area (Å²) in [7, 11) is 1.63. The first-order valence-corrected chi connectivity index (χ1v) is 11.2. The number of aliphatic carboxylic acids is 1. The second-order valence-corrected chi connectivity index (χ2v) is 8.85. The van der Waals surface area contributed by atoms with E-state index in [1.807, 2.05) is 26.0 Å². The molecule has 1 aromatic carbocycles. The van der Waals surface area contributed by atoms with Crippen molar-refractivity contribution in [2.24, 2.45) is 0 Å². The van der Waals surface area contributed by atoms with Crippen molar-refractivity contribution in [1.29, 1.82) is 0 Å². The van der Waals surface area contributed by atoms with Gasteiger partial charge in [0.05, 0.1) is 30.9 Å². The van der Waals surface area contributed by atoms with E-state index in [9.17, 15) is 20.1 Å². The SMILES string of the molecule is COCc1c(C(C)C)nc(C(C)C)c(C=CC(O)CC(O)CC(=O)O)c1-c1ccc(O)cc1. The van der Waals surface area contributed by atoms with E-state index < -0.39 is 24.6 Å². The molecule has 2 rings (SSSR count). The summed E-state index contributed by atoms with van der Waals surface area (Å²) in [6.45, 7) is 8.60. The van der Waals surface area contributed by atoms with Gasteiger partial charge >= 0.3 is 5.97 Å². The highest BCUT2D eigenvalue weighted by Gasteiger charge is 2.23. The molecule has 2 unspecified atom stereocenters. The molecule has 0 saturated carbocycles.